The number of aromatic hydroxyl groups is 1. The summed E-state index contributed by atoms with van der Waals surface area (Å²) in [5.74, 6) is 1.04. The maximum Gasteiger partial charge on any atom is 0.271 e. The van der Waals surface area contributed by atoms with Crippen LogP contribution in [-0.2, 0) is 0 Å². The number of phenols is 1. The fourth-order valence-electron chi connectivity index (χ4n) is 2.22. The number of rotatable bonds is 4. The number of phenolic OH excluding ortho intramolecular Hbond substituents is 1. The lowest BCUT2D eigenvalue weighted by molar-refractivity contribution is 0.0954. The molecule has 0 fully saturated rings. The molecular weight excluding hydrogens is 296 g/mol. The van der Waals surface area contributed by atoms with Crippen molar-refractivity contribution in [2.45, 2.75) is 13.3 Å². The lowest BCUT2D eigenvalue weighted by Crippen LogP contribution is -2.19. The average molecular weight is 312 g/mol. The summed E-state index contributed by atoms with van der Waals surface area (Å²) >= 11 is 0. The van der Waals surface area contributed by atoms with E-state index in [4.69, 9.17) is 9.47 Å². The van der Waals surface area contributed by atoms with Crippen LogP contribution < -0.4 is 14.9 Å². The Bertz CT molecular complexity index is 754. The molecule has 1 heterocycles. The molecule has 0 saturated heterocycles. The summed E-state index contributed by atoms with van der Waals surface area (Å²) in [6.45, 7) is 2.11. The number of hydrogen-bond acceptors (Lipinski definition) is 5. The van der Waals surface area contributed by atoms with Crippen molar-refractivity contribution in [1.29, 1.82) is 0 Å². The summed E-state index contributed by atoms with van der Waals surface area (Å²) in [6, 6.07) is 11.7. The smallest absolute Gasteiger partial charge is 0.271 e. The van der Waals surface area contributed by atoms with Gasteiger partial charge < -0.3 is 14.6 Å². The quantitative estimate of drug-likeness (QED) is 0.672. The van der Waals surface area contributed by atoms with Crippen molar-refractivity contribution < 1.29 is 19.4 Å². The Labute approximate surface area is 133 Å². The number of hydrogen-bond donors (Lipinski definition) is 2. The first-order valence-electron chi connectivity index (χ1n) is 7.23. The van der Waals surface area contributed by atoms with Crippen LogP contribution in [0.25, 0.3) is 0 Å². The number of fused-ring (bicyclic) bond motifs is 1. The van der Waals surface area contributed by atoms with Gasteiger partial charge in [0.25, 0.3) is 5.91 Å². The normalized spacial score (nSPS) is 13.0. The highest BCUT2D eigenvalue weighted by Crippen LogP contribution is 2.32. The Hall–Kier alpha value is -3.02. The second-order valence-corrected chi connectivity index (χ2v) is 4.97. The minimum absolute atomic E-state index is 0.166. The van der Waals surface area contributed by atoms with Crippen LogP contribution in [0.1, 0.15) is 29.3 Å². The molecule has 3 rings (SSSR count). The van der Waals surface area contributed by atoms with Gasteiger partial charge in [0.2, 0.25) is 6.79 Å². The summed E-state index contributed by atoms with van der Waals surface area (Å²) in [6.07, 6.45) is 0.645. The van der Waals surface area contributed by atoms with Crippen molar-refractivity contribution in [3.63, 3.8) is 0 Å². The summed E-state index contributed by atoms with van der Waals surface area (Å²) in [5.41, 5.74) is 4.55. The Kier molecular flexibility index (Phi) is 4.14. The van der Waals surface area contributed by atoms with Gasteiger partial charge in [-0.2, -0.15) is 5.10 Å². The molecule has 0 aliphatic carbocycles. The molecule has 2 aromatic rings. The van der Waals surface area contributed by atoms with E-state index in [0.717, 1.165) is 11.3 Å². The first kappa shape index (κ1) is 14.9. The van der Waals surface area contributed by atoms with Crippen LogP contribution in [0.4, 0.5) is 0 Å². The number of amides is 1. The van der Waals surface area contributed by atoms with Gasteiger partial charge in [0.15, 0.2) is 11.5 Å². The number of benzene rings is 2. The molecule has 0 bridgehead atoms. The van der Waals surface area contributed by atoms with Gasteiger partial charge in [-0.25, -0.2) is 5.43 Å². The van der Waals surface area contributed by atoms with Crippen LogP contribution >= 0.6 is 0 Å². The van der Waals surface area contributed by atoms with E-state index >= 15 is 0 Å². The SMILES string of the molecule is CC/C(=N/NC(=O)c1ccc2c(c1)OCO2)c1ccc(O)cc1. The van der Waals surface area contributed by atoms with Crippen molar-refractivity contribution in [2.24, 2.45) is 5.10 Å². The van der Waals surface area contributed by atoms with E-state index in [9.17, 15) is 9.90 Å². The third-order valence-electron chi connectivity index (χ3n) is 3.46. The summed E-state index contributed by atoms with van der Waals surface area (Å²) in [7, 11) is 0. The van der Waals surface area contributed by atoms with E-state index in [-0.39, 0.29) is 18.4 Å². The lowest BCUT2D eigenvalue weighted by atomic mass is 10.1. The van der Waals surface area contributed by atoms with Gasteiger partial charge in [-0.3, -0.25) is 4.79 Å². The highest BCUT2D eigenvalue weighted by Gasteiger charge is 2.16. The molecule has 0 unspecified atom stereocenters. The molecule has 2 aromatic carbocycles. The Morgan fingerprint density at radius 2 is 1.83 bits per heavy atom. The molecule has 6 heteroatoms. The maximum atomic E-state index is 12.2. The van der Waals surface area contributed by atoms with Crippen molar-refractivity contribution in [2.75, 3.05) is 6.79 Å². The standard InChI is InChI=1S/C17H16N2O4/c1-2-14(11-3-6-13(20)7-4-11)18-19-17(21)12-5-8-15-16(9-12)23-10-22-15/h3-9,20H,2,10H2,1H3,(H,19,21)/b18-14-. The summed E-state index contributed by atoms with van der Waals surface area (Å²) in [4.78, 5) is 12.2. The first-order chi connectivity index (χ1) is 11.2. The Morgan fingerprint density at radius 1 is 1.13 bits per heavy atom. The van der Waals surface area contributed by atoms with Crippen LogP contribution in [0.15, 0.2) is 47.6 Å². The van der Waals surface area contributed by atoms with Crippen molar-refractivity contribution in [3.05, 3.63) is 53.6 Å². The Morgan fingerprint density at radius 3 is 2.57 bits per heavy atom. The van der Waals surface area contributed by atoms with Gasteiger partial charge in [0.1, 0.15) is 5.75 Å². The number of nitrogens with one attached hydrogen (secondary N) is 1. The van der Waals surface area contributed by atoms with Gasteiger partial charge in [-0.1, -0.05) is 6.92 Å². The number of carbonyl (C=O) groups excluding carboxylic acids is 1. The predicted octanol–water partition coefficient (Wildman–Crippen LogP) is 2.67. The van der Waals surface area contributed by atoms with Crippen molar-refractivity contribution in [1.82, 2.24) is 5.43 Å². The summed E-state index contributed by atoms with van der Waals surface area (Å²) < 4.78 is 10.5. The third kappa shape index (κ3) is 3.26. The van der Waals surface area contributed by atoms with Gasteiger partial charge >= 0.3 is 0 Å². The van der Waals surface area contributed by atoms with Crippen LogP contribution in [0.2, 0.25) is 0 Å². The molecule has 0 radical (unpaired) electrons. The Balaban J connectivity index is 1.75. The van der Waals surface area contributed by atoms with Crippen molar-refractivity contribution >= 4 is 11.6 Å². The van der Waals surface area contributed by atoms with E-state index in [2.05, 4.69) is 10.5 Å². The van der Waals surface area contributed by atoms with Crippen LogP contribution in [0, 0.1) is 0 Å². The largest absolute Gasteiger partial charge is 0.508 e. The van der Waals surface area contributed by atoms with Gasteiger partial charge in [0, 0.05) is 5.56 Å². The molecule has 0 atom stereocenters. The van der Waals surface area contributed by atoms with Crippen molar-refractivity contribution in [3.8, 4) is 17.2 Å². The maximum absolute atomic E-state index is 12.2. The van der Waals surface area contributed by atoms with Gasteiger partial charge in [-0.05, 0) is 54.4 Å². The molecular formula is C17H16N2O4. The van der Waals surface area contributed by atoms with E-state index in [1.807, 2.05) is 6.92 Å². The third-order valence-corrected chi connectivity index (χ3v) is 3.46. The molecule has 0 aromatic heterocycles. The molecule has 2 N–H and O–H groups in total. The minimum Gasteiger partial charge on any atom is -0.508 e. The zero-order valence-corrected chi connectivity index (χ0v) is 12.6. The molecule has 1 aliphatic heterocycles. The van der Waals surface area contributed by atoms with E-state index < -0.39 is 0 Å². The molecule has 1 amide bonds. The van der Waals surface area contributed by atoms with Crippen LogP contribution in [0.5, 0.6) is 17.2 Å². The minimum atomic E-state index is -0.326. The molecule has 1 aliphatic rings. The van der Waals surface area contributed by atoms with Crippen LogP contribution in [-0.4, -0.2) is 23.5 Å². The zero-order chi connectivity index (χ0) is 16.2. The van der Waals surface area contributed by atoms with Crippen LogP contribution in [0.3, 0.4) is 0 Å². The predicted molar refractivity (Wildman–Crippen MR) is 85.0 cm³/mol. The molecule has 6 nitrogen and oxygen atoms in total. The lowest BCUT2D eigenvalue weighted by Gasteiger charge is -2.06. The fraction of sp³-hybridized carbons (Fsp3) is 0.176. The topological polar surface area (TPSA) is 80.2 Å². The molecule has 23 heavy (non-hydrogen) atoms. The highest BCUT2D eigenvalue weighted by atomic mass is 16.7. The average Bonchev–Trinajstić information content (AvgIpc) is 3.04. The first-order valence-corrected chi connectivity index (χ1v) is 7.23. The summed E-state index contributed by atoms with van der Waals surface area (Å²) in [5, 5.41) is 13.5. The second-order valence-electron chi connectivity index (χ2n) is 4.97. The highest BCUT2D eigenvalue weighted by molar-refractivity contribution is 6.02. The number of hydrazone groups is 1. The number of ether oxygens (including phenoxy) is 2. The zero-order valence-electron chi connectivity index (χ0n) is 12.6. The van der Waals surface area contributed by atoms with E-state index in [0.29, 0.717) is 23.5 Å². The molecule has 0 spiro atoms. The fourth-order valence-corrected chi connectivity index (χ4v) is 2.22. The second kappa shape index (κ2) is 6.39. The van der Waals surface area contributed by atoms with E-state index in [1.165, 1.54) is 0 Å². The van der Waals surface area contributed by atoms with Gasteiger partial charge in [0.05, 0.1) is 5.71 Å². The monoisotopic (exact) mass is 312 g/mol. The number of carbonyl (C=O) groups is 1. The number of nitrogens with zero attached hydrogens (tertiary/aromatic N) is 1. The molecule has 118 valence electrons. The van der Waals surface area contributed by atoms with Gasteiger partial charge in [-0.15, -0.1) is 0 Å². The van der Waals surface area contributed by atoms with E-state index in [1.54, 1.807) is 42.5 Å². The molecule has 0 saturated carbocycles.